The number of ketones is 1. The van der Waals surface area contributed by atoms with Crippen molar-refractivity contribution >= 4 is 34.3 Å². The highest BCUT2D eigenvalue weighted by atomic mass is 16.5. The molecule has 3 aromatic rings. The first-order valence-corrected chi connectivity index (χ1v) is 9.94. The quantitative estimate of drug-likeness (QED) is 0.357. The first kappa shape index (κ1) is 20.5. The van der Waals surface area contributed by atoms with Crippen LogP contribution in [0, 0.1) is 6.92 Å². The molecule has 0 spiro atoms. The van der Waals surface area contributed by atoms with E-state index < -0.39 is 29.8 Å². The van der Waals surface area contributed by atoms with E-state index in [0.29, 0.717) is 22.2 Å². The third-order valence-electron chi connectivity index (χ3n) is 5.39. The Balaban J connectivity index is 1.56. The number of esters is 1. The summed E-state index contributed by atoms with van der Waals surface area (Å²) in [7, 11) is 0. The van der Waals surface area contributed by atoms with Crippen molar-refractivity contribution in [1.29, 1.82) is 0 Å². The second-order valence-corrected chi connectivity index (χ2v) is 7.85. The summed E-state index contributed by atoms with van der Waals surface area (Å²) >= 11 is 0. The van der Waals surface area contributed by atoms with Gasteiger partial charge in [-0.25, -0.2) is 4.79 Å². The molecule has 1 aliphatic heterocycles. The van der Waals surface area contributed by atoms with Gasteiger partial charge in [-0.3, -0.25) is 19.3 Å². The molecule has 1 amide bonds. The molecule has 4 rings (SSSR count). The molecule has 7 nitrogen and oxygen atoms in total. The van der Waals surface area contributed by atoms with Crippen molar-refractivity contribution in [2.45, 2.75) is 33.3 Å². The standard InChI is InChI=1S/C24H21NO6/c1-13(2)17-10-18-15(9-21(26)31-20(18)8-14(17)3)12-30-22(27)11-25-19-7-5-4-6-16(19)23(28)24(25)29/h4-10,13H,11-12H2,1-3H3. The van der Waals surface area contributed by atoms with E-state index in [0.717, 1.165) is 16.0 Å². The number of amides is 1. The number of nitrogens with zero attached hydrogens (tertiary/aromatic N) is 1. The molecule has 2 heterocycles. The van der Waals surface area contributed by atoms with Gasteiger partial charge in [0.15, 0.2) is 0 Å². The van der Waals surface area contributed by atoms with Gasteiger partial charge in [-0.15, -0.1) is 0 Å². The fraction of sp³-hybridized carbons (Fsp3) is 0.250. The minimum atomic E-state index is -0.763. The molecule has 0 aliphatic carbocycles. The molecule has 158 valence electrons. The van der Waals surface area contributed by atoms with Gasteiger partial charge in [0.05, 0.1) is 11.3 Å². The number of ether oxygens (including phenoxy) is 1. The van der Waals surface area contributed by atoms with Crippen LogP contribution in [0.1, 0.15) is 46.8 Å². The van der Waals surface area contributed by atoms with E-state index in [4.69, 9.17) is 9.15 Å². The van der Waals surface area contributed by atoms with Gasteiger partial charge >= 0.3 is 11.6 Å². The normalized spacial score (nSPS) is 13.2. The maximum atomic E-state index is 12.5. The first-order valence-electron chi connectivity index (χ1n) is 9.94. The zero-order chi connectivity index (χ0) is 22.3. The number of aryl methyl sites for hydroxylation is 1. The largest absolute Gasteiger partial charge is 0.459 e. The maximum Gasteiger partial charge on any atom is 0.336 e. The Labute approximate surface area is 178 Å². The molecule has 0 unspecified atom stereocenters. The number of rotatable bonds is 5. The van der Waals surface area contributed by atoms with Gasteiger partial charge in [0.2, 0.25) is 0 Å². The van der Waals surface area contributed by atoms with Gasteiger partial charge < -0.3 is 9.15 Å². The van der Waals surface area contributed by atoms with Gasteiger partial charge in [-0.05, 0) is 48.2 Å². The van der Waals surface area contributed by atoms with E-state index in [1.807, 2.05) is 19.1 Å². The van der Waals surface area contributed by atoms with Crippen molar-refractivity contribution in [3.05, 3.63) is 75.1 Å². The zero-order valence-electron chi connectivity index (χ0n) is 17.4. The minimum Gasteiger partial charge on any atom is -0.459 e. The summed E-state index contributed by atoms with van der Waals surface area (Å²) in [5.74, 6) is -1.83. The Bertz CT molecular complexity index is 1290. The highest BCUT2D eigenvalue weighted by Gasteiger charge is 2.36. The molecule has 1 aliphatic rings. The van der Waals surface area contributed by atoms with Crippen molar-refractivity contribution in [2.75, 3.05) is 11.4 Å². The third-order valence-corrected chi connectivity index (χ3v) is 5.39. The van der Waals surface area contributed by atoms with Gasteiger partial charge in [-0.1, -0.05) is 26.0 Å². The summed E-state index contributed by atoms with van der Waals surface area (Å²) in [6, 6.07) is 11.6. The van der Waals surface area contributed by atoms with E-state index in [2.05, 4.69) is 13.8 Å². The molecule has 7 heteroatoms. The van der Waals surface area contributed by atoms with Crippen molar-refractivity contribution in [3.8, 4) is 0 Å². The van der Waals surface area contributed by atoms with E-state index in [1.165, 1.54) is 6.07 Å². The van der Waals surface area contributed by atoms with Crippen LogP contribution in [0.2, 0.25) is 0 Å². The lowest BCUT2D eigenvalue weighted by molar-refractivity contribution is -0.143. The summed E-state index contributed by atoms with van der Waals surface area (Å²) < 4.78 is 10.7. The van der Waals surface area contributed by atoms with E-state index in [9.17, 15) is 19.2 Å². The molecule has 0 radical (unpaired) electrons. The zero-order valence-corrected chi connectivity index (χ0v) is 17.4. The van der Waals surface area contributed by atoms with Crippen molar-refractivity contribution < 1.29 is 23.5 Å². The molecular weight excluding hydrogens is 398 g/mol. The van der Waals surface area contributed by atoms with Gasteiger partial charge in [-0.2, -0.15) is 0 Å². The molecule has 0 saturated heterocycles. The summed E-state index contributed by atoms with van der Waals surface area (Å²) in [5.41, 5.74) is 3.17. The van der Waals surface area contributed by atoms with Crippen molar-refractivity contribution in [1.82, 2.24) is 0 Å². The number of anilines is 1. The van der Waals surface area contributed by atoms with E-state index >= 15 is 0 Å². The van der Waals surface area contributed by atoms with E-state index in [-0.39, 0.29) is 18.1 Å². The molecule has 0 N–H and O–H groups in total. The summed E-state index contributed by atoms with van der Waals surface area (Å²) in [6.07, 6.45) is 0. The lowest BCUT2D eigenvalue weighted by Crippen LogP contribution is -2.35. The average molecular weight is 419 g/mol. The summed E-state index contributed by atoms with van der Waals surface area (Å²) in [4.78, 5) is 49.9. The fourth-order valence-corrected chi connectivity index (χ4v) is 3.87. The number of hydrogen-bond acceptors (Lipinski definition) is 6. The molecule has 0 saturated carbocycles. The maximum absolute atomic E-state index is 12.5. The van der Waals surface area contributed by atoms with Crippen molar-refractivity contribution in [2.24, 2.45) is 0 Å². The van der Waals surface area contributed by atoms with Gasteiger partial charge in [0.25, 0.3) is 11.7 Å². The van der Waals surface area contributed by atoms with Crippen LogP contribution in [0.4, 0.5) is 5.69 Å². The molecule has 0 bridgehead atoms. The Morgan fingerprint density at radius 2 is 1.84 bits per heavy atom. The van der Waals surface area contributed by atoms with Crippen LogP contribution in [-0.2, 0) is 20.9 Å². The Morgan fingerprint density at radius 1 is 1.10 bits per heavy atom. The van der Waals surface area contributed by atoms with Crippen LogP contribution in [0.15, 0.2) is 51.7 Å². The molecule has 1 aromatic heterocycles. The average Bonchev–Trinajstić information content (AvgIpc) is 2.96. The number of para-hydroxylation sites is 1. The van der Waals surface area contributed by atoms with Crippen LogP contribution < -0.4 is 10.5 Å². The molecule has 0 fully saturated rings. The van der Waals surface area contributed by atoms with Crippen LogP contribution in [0.5, 0.6) is 0 Å². The molecule has 2 aromatic carbocycles. The molecular formula is C24H21NO6. The lowest BCUT2D eigenvalue weighted by Gasteiger charge is -2.16. The second kappa shape index (κ2) is 7.83. The van der Waals surface area contributed by atoms with Gasteiger partial charge in [0, 0.05) is 17.0 Å². The monoisotopic (exact) mass is 419 g/mol. The number of carbonyl (C=O) groups is 3. The highest BCUT2D eigenvalue weighted by molar-refractivity contribution is 6.52. The number of fused-ring (bicyclic) bond motifs is 2. The predicted octanol–water partition coefficient (Wildman–Crippen LogP) is 3.50. The van der Waals surface area contributed by atoms with Crippen LogP contribution in [0.25, 0.3) is 11.0 Å². The number of hydrogen-bond donors (Lipinski definition) is 0. The Hall–Kier alpha value is -3.74. The minimum absolute atomic E-state index is 0.154. The van der Waals surface area contributed by atoms with Crippen LogP contribution in [-0.4, -0.2) is 24.2 Å². The number of carbonyl (C=O) groups excluding carboxylic acids is 3. The van der Waals surface area contributed by atoms with Crippen LogP contribution in [0.3, 0.4) is 0 Å². The number of Topliss-reactive ketones (excluding diaryl/α,β-unsaturated/α-hetero) is 1. The fourth-order valence-electron chi connectivity index (χ4n) is 3.87. The lowest BCUT2D eigenvalue weighted by atomic mass is 9.95. The highest BCUT2D eigenvalue weighted by Crippen LogP contribution is 2.29. The Morgan fingerprint density at radius 3 is 2.58 bits per heavy atom. The van der Waals surface area contributed by atoms with Crippen molar-refractivity contribution in [3.63, 3.8) is 0 Å². The topological polar surface area (TPSA) is 93.9 Å². The summed E-state index contributed by atoms with van der Waals surface area (Å²) in [6.45, 7) is 5.54. The smallest absolute Gasteiger partial charge is 0.336 e. The van der Waals surface area contributed by atoms with Crippen LogP contribution >= 0.6 is 0 Å². The summed E-state index contributed by atoms with van der Waals surface area (Å²) in [5, 5.41) is 0.694. The third kappa shape index (κ3) is 3.74. The first-order chi connectivity index (χ1) is 14.8. The molecule has 0 atom stereocenters. The van der Waals surface area contributed by atoms with E-state index in [1.54, 1.807) is 24.3 Å². The Kier molecular flexibility index (Phi) is 5.19. The number of benzene rings is 2. The molecule has 31 heavy (non-hydrogen) atoms. The second-order valence-electron chi connectivity index (χ2n) is 7.85. The predicted molar refractivity (Wildman–Crippen MR) is 114 cm³/mol. The van der Waals surface area contributed by atoms with Gasteiger partial charge in [0.1, 0.15) is 18.7 Å². The SMILES string of the molecule is Cc1cc2oc(=O)cc(COC(=O)CN3C(=O)C(=O)c4ccccc43)c2cc1C(C)C.